The fraction of sp³-hybridized carbons (Fsp3) is 0.364. The minimum atomic E-state index is -2.03. The van der Waals surface area contributed by atoms with Crippen molar-refractivity contribution < 1.29 is 23.9 Å². The van der Waals surface area contributed by atoms with Crippen LogP contribution in [0, 0.1) is 5.41 Å². The molecule has 0 bridgehead atoms. The molecule has 1 aromatic rings. The van der Waals surface area contributed by atoms with Crippen molar-refractivity contribution >= 4 is 40.9 Å². The molecule has 20 heavy (non-hydrogen) atoms. The molecule has 2 unspecified atom stereocenters. The average molecular weight is 299 g/mol. The Balaban J connectivity index is 2.94. The largest absolute Gasteiger partial charge is 0.468 e. The van der Waals surface area contributed by atoms with Gasteiger partial charge in [0, 0.05) is 5.38 Å². The Hall–Kier alpha value is -2.29. The summed E-state index contributed by atoms with van der Waals surface area (Å²) in [5.74, 6) is -1.98. The zero-order valence-corrected chi connectivity index (χ0v) is 11.6. The fourth-order valence-corrected chi connectivity index (χ4v) is 1.92. The molecule has 0 aliphatic carbocycles. The number of carbonyl (C=O) groups excluding carboxylic acids is 4. The molecule has 1 heterocycles. The van der Waals surface area contributed by atoms with Gasteiger partial charge in [0.05, 0.1) is 12.8 Å². The number of nitrogens with one attached hydrogen (secondary N) is 1. The Morgan fingerprint density at radius 3 is 2.60 bits per heavy atom. The third-order valence-electron chi connectivity index (χ3n) is 2.60. The number of ether oxygens (including phenoxy) is 1. The maximum Gasteiger partial charge on any atom is 0.328 e. The van der Waals surface area contributed by atoms with Crippen LogP contribution in [0.5, 0.6) is 0 Å². The molecule has 3 N–H and O–H groups in total. The summed E-state index contributed by atoms with van der Waals surface area (Å²) >= 11 is 1.09. The highest BCUT2D eigenvalue weighted by Gasteiger charge is 2.43. The molecule has 0 aliphatic rings. The zero-order chi connectivity index (χ0) is 15.3. The van der Waals surface area contributed by atoms with Gasteiger partial charge in [0.1, 0.15) is 18.6 Å². The summed E-state index contributed by atoms with van der Waals surface area (Å²) < 4.78 is 4.40. The molecule has 108 valence electrons. The first kappa shape index (κ1) is 15.8. The van der Waals surface area contributed by atoms with E-state index in [9.17, 15) is 19.2 Å². The fourth-order valence-electron chi connectivity index (χ4n) is 1.32. The van der Waals surface area contributed by atoms with Crippen LogP contribution in [0.3, 0.4) is 0 Å². The van der Waals surface area contributed by atoms with Crippen LogP contribution in [0.2, 0.25) is 0 Å². The van der Waals surface area contributed by atoms with E-state index in [1.54, 1.807) is 0 Å². The highest BCUT2D eigenvalue weighted by atomic mass is 32.1. The number of hydrogen-bond donors (Lipinski definition) is 2. The van der Waals surface area contributed by atoms with E-state index in [2.05, 4.69) is 15.0 Å². The van der Waals surface area contributed by atoms with Crippen molar-refractivity contribution in [1.82, 2.24) is 10.3 Å². The van der Waals surface area contributed by atoms with E-state index in [1.165, 1.54) is 5.38 Å². The normalized spacial score (nSPS) is 14.7. The Morgan fingerprint density at radius 1 is 1.55 bits per heavy atom. The van der Waals surface area contributed by atoms with Gasteiger partial charge in [-0.2, -0.15) is 0 Å². The van der Waals surface area contributed by atoms with E-state index in [-0.39, 0.29) is 17.1 Å². The number of carbonyl (C=O) groups is 4. The van der Waals surface area contributed by atoms with Crippen LogP contribution < -0.4 is 11.1 Å². The number of thiazole rings is 1. The Bertz CT molecular complexity index is 544. The summed E-state index contributed by atoms with van der Waals surface area (Å²) in [6.07, 6.45) is 0.584. The van der Waals surface area contributed by atoms with Gasteiger partial charge in [0.2, 0.25) is 5.91 Å². The van der Waals surface area contributed by atoms with Crippen LogP contribution in [0.1, 0.15) is 18.7 Å². The molecule has 1 amide bonds. The van der Waals surface area contributed by atoms with Gasteiger partial charge in [0.15, 0.2) is 10.5 Å². The van der Waals surface area contributed by atoms with Gasteiger partial charge in [-0.15, -0.1) is 11.3 Å². The van der Waals surface area contributed by atoms with Crippen LogP contribution in [-0.4, -0.2) is 36.5 Å². The minimum Gasteiger partial charge on any atom is -0.468 e. The first-order chi connectivity index (χ1) is 9.38. The molecule has 0 aliphatic heterocycles. The van der Waals surface area contributed by atoms with Gasteiger partial charge in [0.25, 0.3) is 0 Å². The van der Waals surface area contributed by atoms with Crippen LogP contribution in [0.4, 0.5) is 5.13 Å². The number of amides is 1. The first-order valence-electron chi connectivity index (χ1n) is 5.41. The molecule has 0 spiro atoms. The van der Waals surface area contributed by atoms with Crippen LogP contribution in [0.25, 0.3) is 0 Å². The van der Waals surface area contributed by atoms with Gasteiger partial charge in [-0.1, -0.05) is 0 Å². The van der Waals surface area contributed by atoms with Crippen LogP contribution >= 0.6 is 11.3 Å². The number of nitrogens with two attached hydrogens (primary N) is 1. The highest BCUT2D eigenvalue weighted by molar-refractivity contribution is 7.13. The predicted molar refractivity (Wildman–Crippen MR) is 69.7 cm³/mol. The van der Waals surface area contributed by atoms with Crippen molar-refractivity contribution in [2.24, 2.45) is 5.41 Å². The van der Waals surface area contributed by atoms with Crippen molar-refractivity contribution in [2.75, 3.05) is 12.8 Å². The standard InChI is InChI=1S/C11H13N3O5S/c1-11(5-16,9(18)19-2)8(17)13-6(3-15)7-4-20-10(12)14-7/h3-6H,1-2H3,(H2,12,14)(H,13,17). The van der Waals surface area contributed by atoms with E-state index in [1.807, 2.05) is 0 Å². The molecule has 0 aromatic carbocycles. The van der Waals surface area contributed by atoms with E-state index >= 15 is 0 Å². The lowest BCUT2D eigenvalue weighted by atomic mass is 9.91. The second-order valence-electron chi connectivity index (χ2n) is 4.01. The van der Waals surface area contributed by atoms with Gasteiger partial charge < -0.3 is 25.4 Å². The molecular weight excluding hydrogens is 286 g/mol. The molecule has 0 saturated heterocycles. The van der Waals surface area contributed by atoms with Crippen LogP contribution in [0.15, 0.2) is 5.38 Å². The molecule has 1 rings (SSSR count). The number of aldehydes is 2. The maximum atomic E-state index is 12.0. The summed E-state index contributed by atoms with van der Waals surface area (Å²) in [6.45, 7) is 1.10. The maximum absolute atomic E-state index is 12.0. The monoisotopic (exact) mass is 299 g/mol. The molecule has 0 saturated carbocycles. The quantitative estimate of drug-likeness (QED) is 0.410. The Morgan fingerprint density at radius 2 is 2.20 bits per heavy atom. The van der Waals surface area contributed by atoms with Crippen molar-refractivity contribution in [1.29, 1.82) is 0 Å². The number of hydrogen-bond acceptors (Lipinski definition) is 8. The van der Waals surface area contributed by atoms with E-state index in [4.69, 9.17) is 5.73 Å². The van der Waals surface area contributed by atoms with Crippen molar-refractivity contribution in [3.05, 3.63) is 11.1 Å². The molecule has 2 atom stereocenters. The van der Waals surface area contributed by atoms with E-state index < -0.39 is 23.3 Å². The summed E-state index contributed by atoms with van der Waals surface area (Å²) in [5, 5.41) is 3.97. The molecular formula is C11H13N3O5S. The lowest BCUT2D eigenvalue weighted by Gasteiger charge is -2.21. The molecule has 0 fully saturated rings. The molecule has 1 aromatic heterocycles. The second-order valence-corrected chi connectivity index (χ2v) is 4.90. The van der Waals surface area contributed by atoms with Crippen molar-refractivity contribution in [2.45, 2.75) is 13.0 Å². The number of esters is 1. The predicted octanol–water partition coefficient (Wildman–Crippen LogP) is -0.540. The summed E-state index contributed by atoms with van der Waals surface area (Å²) in [4.78, 5) is 49.3. The number of rotatable bonds is 6. The number of methoxy groups -OCH3 is 1. The smallest absolute Gasteiger partial charge is 0.328 e. The van der Waals surface area contributed by atoms with Gasteiger partial charge >= 0.3 is 5.97 Å². The van der Waals surface area contributed by atoms with Gasteiger partial charge in [-0.3, -0.25) is 9.59 Å². The number of nitrogens with zero attached hydrogens (tertiary/aromatic N) is 1. The lowest BCUT2D eigenvalue weighted by molar-refractivity contribution is -0.159. The lowest BCUT2D eigenvalue weighted by Crippen LogP contribution is -2.47. The minimum absolute atomic E-state index is 0.158. The summed E-state index contributed by atoms with van der Waals surface area (Å²) in [6, 6.07) is -1.10. The molecule has 0 radical (unpaired) electrons. The number of aromatic nitrogens is 1. The highest BCUT2D eigenvalue weighted by Crippen LogP contribution is 2.20. The Labute approximate surface area is 118 Å². The Kier molecular flexibility index (Phi) is 4.92. The van der Waals surface area contributed by atoms with Gasteiger partial charge in [-0.05, 0) is 6.92 Å². The zero-order valence-electron chi connectivity index (χ0n) is 10.8. The molecule has 8 nitrogen and oxygen atoms in total. The third kappa shape index (κ3) is 2.99. The summed E-state index contributed by atoms with van der Waals surface area (Å²) in [5.41, 5.74) is 3.63. The topological polar surface area (TPSA) is 128 Å². The second kappa shape index (κ2) is 6.24. The average Bonchev–Trinajstić information content (AvgIpc) is 2.88. The molecule has 9 heteroatoms. The third-order valence-corrected chi connectivity index (χ3v) is 3.29. The van der Waals surface area contributed by atoms with Crippen molar-refractivity contribution in [3.8, 4) is 0 Å². The van der Waals surface area contributed by atoms with Gasteiger partial charge in [-0.25, -0.2) is 4.98 Å². The van der Waals surface area contributed by atoms with E-state index in [0.29, 0.717) is 6.29 Å². The summed E-state index contributed by atoms with van der Waals surface area (Å²) in [7, 11) is 1.05. The number of nitrogen functional groups attached to an aromatic ring is 1. The van der Waals surface area contributed by atoms with E-state index in [0.717, 1.165) is 25.4 Å². The van der Waals surface area contributed by atoms with Crippen LogP contribution in [-0.2, 0) is 23.9 Å². The number of anilines is 1. The SMILES string of the molecule is COC(=O)C(C)(C=O)C(=O)NC(C=O)c1csc(N)n1. The van der Waals surface area contributed by atoms with Crippen molar-refractivity contribution in [3.63, 3.8) is 0 Å². The first-order valence-corrected chi connectivity index (χ1v) is 6.29.